The zero-order valence-electron chi connectivity index (χ0n) is 16.3. The molecule has 0 fully saturated rings. The molecule has 0 bridgehead atoms. The number of aromatic nitrogens is 1. The van der Waals surface area contributed by atoms with Crippen molar-refractivity contribution in [2.75, 3.05) is 25.5 Å². The Bertz CT molecular complexity index is 853. The number of guanidine groups is 1. The van der Waals surface area contributed by atoms with Gasteiger partial charge in [0.15, 0.2) is 5.96 Å². The predicted molar refractivity (Wildman–Crippen MR) is 124 cm³/mol. The molecule has 28 heavy (non-hydrogen) atoms. The van der Waals surface area contributed by atoms with Crippen LogP contribution in [-0.2, 0) is 17.8 Å². The van der Waals surface area contributed by atoms with Crippen molar-refractivity contribution < 1.29 is 9.53 Å². The normalized spacial score (nSPS) is 13.2. The molecule has 1 aliphatic heterocycles. The van der Waals surface area contributed by atoms with Gasteiger partial charge in [-0.15, -0.1) is 35.3 Å². The number of ether oxygens (including phenoxy) is 1. The fourth-order valence-electron chi connectivity index (χ4n) is 2.91. The first kappa shape index (κ1) is 22.4. The molecule has 7 nitrogen and oxygen atoms in total. The third-order valence-electron chi connectivity index (χ3n) is 4.28. The molecular weight excluding hydrogens is 489 g/mol. The molecule has 3 N–H and O–H groups in total. The van der Waals surface area contributed by atoms with Crippen molar-refractivity contribution in [3.63, 3.8) is 0 Å². The van der Waals surface area contributed by atoms with Crippen molar-refractivity contribution in [2.45, 2.75) is 33.2 Å². The Labute approximate surface area is 186 Å². The standard InChI is InChI=1S/C19H25N5O2S.HI/c1-12-17(27-13(2)23-12)11-22-19(20-3)21-8-9-26-15-5-6-16-14(10-15)4-7-18(25)24-16;/h5-6,10H,4,7-9,11H2,1-3H3,(H,24,25)(H2,20,21,22);1H. The number of nitrogens with one attached hydrogen (secondary N) is 3. The maximum atomic E-state index is 11.4. The van der Waals surface area contributed by atoms with Gasteiger partial charge in [0.05, 0.1) is 23.8 Å². The molecule has 0 atom stereocenters. The molecule has 0 aliphatic carbocycles. The van der Waals surface area contributed by atoms with Crippen molar-refractivity contribution in [3.05, 3.63) is 39.3 Å². The van der Waals surface area contributed by atoms with Crippen LogP contribution in [0.3, 0.4) is 0 Å². The van der Waals surface area contributed by atoms with E-state index >= 15 is 0 Å². The second-order valence-corrected chi connectivity index (χ2v) is 7.60. The topological polar surface area (TPSA) is 87.6 Å². The monoisotopic (exact) mass is 515 g/mol. The van der Waals surface area contributed by atoms with E-state index in [4.69, 9.17) is 4.74 Å². The zero-order chi connectivity index (χ0) is 19.2. The molecule has 1 aromatic heterocycles. The number of rotatable bonds is 6. The van der Waals surface area contributed by atoms with Gasteiger partial charge >= 0.3 is 0 Å². The summed E-state index contributed by atoms with van der Waals surface area (Å²) in [7, 11) is 1.75. The van der Waals surface area contributed by atoms with Crippen LogP contribution in [0.2, 0.25) is 0 Å². The van der Waals surface area contributed by atoms with E-state index in [1.807, 2.05) is 32.0 Å². The van der Waals surface area contributed by atoms with Gasteiger partial charge in [-0.1, -0.05) is 0 Å². The third-order valence-corrected chi connectivity index (χ3v) is 5.35. The van der Waals surface area contributed by atoms with Gasteiger partial charge in [0.1, 0.15) is 12.4 Å². The van der Waals surface area contributed by atoms with E-state index in [0.29, 0.717) is 26.1 Å². The van der Waals surface area contributed by atoms with Crippen LogP contribution in [0.15, 0.2) is 23.2 Å². The number of aryl methyl sites for hydroxylation is 3. The predicted octanol–water partition coefficient (Wildman–Crippen LogP) is 3.01. The Morgan fingerprint density at radius 3 is 2.86 bits per heavy atom. The highest BCUT2D eigenvalue weighted by molar-refractivity contribution is 14.0. The highest BCUT2D eigenvalue weighted by Crippen LogP contribution is 2.26. The Kier molecular flexibility index (Phi) is 8.49. The molecule has 1 aromatic carbocycles. The fraction of sp³-hybridized carbons (Fsp3) is 0.421. The summed E-state index contributed by atoms with van der Waals surface area (Å²) in [6.07, 6.45) is 1.28. The Balaban J connectivity index is 0.00000280. The van der Waals surface area contributed by atoms with Gasteiger partial charge in [-0.2, -0.15) is 0 Å². The number of hydrogen-bond donors (Lipinski definition) is 3. The van der Waals surface area contributed by atoms with E-state index in [1.165, 1.54) is 4.88 Å². The molecule has 1 amide bonds. The maximum absolute atomic E-state index is 11.4. The summed E-state index contributed by atoms with van der Waals surface area (Å²) in [6, 6.07) is 5.78. The zero-order valence-corrected chi connectivity index (χ0v) is 19.4. The number of benzene rings is 1. The Hall–Kier alpha value is -1.88. The van der Waals surface area contributed by atoms with Crippen LogP contribution in [-0.4, -0.2) is 37.1 Å². The van der Waals surface area contributed by atoms with Gasteiger partial charge in [0.25, 0.3) is 0 Å². The first-order chi connectivity index (χ1) is 13.0. The lowest BCUT2D eigenvalue weighted by molar-refractivity contribution is -0.116. The maximum Gasteiger partial charge on any atom is 0.224 e. The molecule has 0 spiro atoms. The number of anilines is 1. The van der Waals surface area contributed by atoms with E-state index in [9.17, 15) is 4.79 Å². The van der Waals surface area contributed by atoms with Crippen LogP contribution in [0, 0.1) is 13.8 Å². The summed E-state index contributed by atoms with van der Waals surface area (Å²) in [5.41, 5.74) is 3.06. The number of carbonyl (C=O) groups is 1. The van der Waals surface area contributed by atoms with Crippen molar-refractivity contribution >= 4 is 52.9 Å². The molecule has 9 heteroatoms. The third kappa shape index (κ3) is 6.06. The van der Waals surface area contributed by atoms with Crippen LogP contribution in [0.5, 0.6) is 5.75 Å². The average molecular weight is 515 g/mol. The number of thiazole rings is 1. The van der Waals surface area contributed by atoms with Crippen LogP contribution >= 0.6 is 35.3 Å². The van der Waals surface area contributed by atoms with Crippen LogP contribution in [0.1, 0.15) is 27.6 Å². The molecule has 3 rings (SSSR count). The number of aliphatic imine (C=N–C) groups is 1. The van der Waals surface area contributed by atoms with Crippen LogP contribution in [0.25, 0.3) is 0 Å². The van der Waals surface area contributed by atoms with Gasteiger partial charge < -0.3 is 20.7 Å². The lowest BCUT2D eigenvalue weighted by Crippen LogP contribution is -2.38. The van der Waals surface area contributed by atoms with Crippen LogP contribution in [0.4, 0.5) is 5.69 Å². The first-order valence-electron chi connectivity index (χ1n) is 8.98. The number of halogens is 1. The average Bonchev–Trinajstić information content (AvgIpc) is 2.98. The summed E-state index contributed by atoms with van der Waals surface area (Å²) >= 11 is 1.70. The van der Waals surface area contributed by atoms with Crippen LogP contribution < -0.4 is 20.7 Å². The summed E-state index contributed by atoms with van der Waals surface area (Å²) in [4.78, 5) is 21.3. The Morgan fingerprint density at radius 2 is 2.14 bits per heavy atom. The highest BCUT2D eigenvalue weighted by Gasteiger charge is 2.15. The molecule has 152 valence electrons. The SMILES string of the molecule is CN=C(NCCOc1ccc2c(c1)CCC(=O)N2)NCc1sc(C)nc1C.I. The summed E-state index contributed by atoms with van der Waals surface area (Å²) < 4.78 is 5.81. The molecule has 2 heterocycles. The molecule has 0 saturated carbocycles. The quantitative estimate of drug-likeness (QED) is 0.238. The van der Waals surface area contributed by atoms with Crippen molar-refractivity contribution in [1.29, 1.82) is 0 Å². The number of carbonyl (C=O) groups excluding carboxylic acids is 1. The Morgan fingerprint density at radius 1 is 1.32 bits per heavy atom. The minimum atomic E-state index is 0. The second-order valence-electron chi connectivity index (χ2n) is 6.31. The van der Waals surface area contributed by atoms with E-state index in [2.05, 4.69) is 25.9 Å². The number of amides is 1. The highest BCUT2D eigenvalue weighted by atomic mass is 127. The fourth-order valence-corrected chi connectivity index (χ4v) is 3.79. The van der Waals surface area contributed by atoms with E-state index in [1.54, 1.807) is 18.4 Å². The number of fused-ring (bicyclic) bond motifs is 1. The molecular formula is C19H26IN5O2S. The molecule has 2 aromatic rings. The first-order valence-corrected chi connectivity index (χ1v) is 9.80. The van der Waals surface area contributed by atoms with Gasteiger partial charge in [0, 0.05) is 24.0 Å². The summed E-state index contributed by atoms with van der Waals surface area (Å²) in [6.45, 7) is 5.89. The van der Waals surface area contributed by atoms with E-state index < -0.39 is 0 Å². The summed E-state index contributed by atoms with van der Waals surface area (Å²) in [5.74, 6) is 1.62. The van der Waals surface area contributed by atoms with E-state index in [0.717, 1.165) is 40.1 Å². The molecule has 1 aliphatic rings. The lowest BCUT2D eigenvalue weighted by Gasteiger charge is -2.18. The van der Waals surface area contributed by atoms with Gasteiger partial charge in [0.2, 0.25) is 5.91 Å². The smallest absolute Gasteiger partial charge is 0.224 e. The second kappa shape index (κ2) is 10.6. The van der Waals surface area contributed by atoms with Crippen molar-refractivity contribution in [2.24, 2.45) is 4.99 Å². The van der Waals surface area contributed by atoms with Gasteiger partial charge in [-0.3, -0.25) is 9.79 Å². The minimum Gasteiger partial charge on any atom is -0.492 e. The van der Waals surface area contributed by atoms with Crippen molar-refractivity contribution in [3.8, 4) is 5.75 Å². The molecule has 0 saturated heterocycles. The molecule has 0 unspecified atom stereocenters. The lowest BCUT2D eigenvalue weighted by atomic mass is 10.0. The van der Waals surface area contributed by atoms with Crippen molar-refractivity contribution in [1.82, 2.24) is 15.6 Å². The largest absolute Gasteiger partial charge is 0.492 e. The van der Waals surface area contributed by atoms with E-state index in [-0.39, 0.29) is 29.9 Å². The van der Waals surface area contributed by atoms with Gasteiger partial charge in [-0.05, 0) is 44.0 Å². The summed E-state index contributed by atoms with van der Waals surface area (Å²) in [5, 5.41) is 10.5. The number of hydrogen-bond acceptors (Lipinski definition) is 5. The minimum absolute atomic E-state index is 0. The number of nitrogens with zero attached hydrogens (tertiary/aromatic N) is 2. The van der Waals surface area contributed by atoms with Gasteiger partial charge in [-0.25, -0.2) is 4.98 Å². The molecule has 0 radical (unpaired) electrons.